The molecule has 4 nitrogen and oxygen atoms in total. The normalized spacial score (nSPS) is 16.7. The molecular formula is C15H18N2O2. The lowest BCUT2D eigenvalue weighted by molar-refractivity contribution is 0.0659. The molecule has 1 aliphatic carbocycles. The molecule has 2 rings (SSSR count). The summed E-state index contributed by atoms with van der Waals surface area (Å²) in [7, 11) is 3.26. The fourth-order valence-corrected chi connectivity index (χ4v) is 2.68. The number of ether oxygens (including phenoxy) is 1. The Morgan fingerprint density at radius 2 is 2.00 bits per heavy atom. The first-order valence-electron chi connectivity index (χ1n) is 6.47. The van der Waals surface area contributed by atoms with Crippen molar-refractivity contribution in [3.05, 3.63) is 29.8 Å². The molecule has 1 aromatic rings. The van der Waals surface area contributed by atoms with E-state index in [-0.39, 0.29) is 5.91 Å². The van der Waals surface area contributed by atoms with Crippen LogP contribution in [-0.2, 0) is 0 Å². The molecule has 19 heavy (non-hydrogen) atoms. The lowest BCUT2D eigenvalue weighted by Crippen LogP contribution is -2.46. The number of carbonyl (C=O) groups is 1. The van der Waals surface area contributed by atoms with Gasteiger partial charge in [0.05, 0.1) is 18.7 Å². The molecule has 0 N–H and O–H groups in total. The quantitative estimate of drug-likeness (QED) is 0.837. The molecule has 0 atom stereocenters. The largest absolute Gasteiger partial charge is 0.496 e. The maximum absolute atomic E-state index is 12.6. The number of hydrogen-bond donors (Lipinski definition) is 0. The third-order valence-electron chi connectivity index (χ3n) is 3.92. The molecule has 100 valence electrons. The summed E-state index contributed by atoms with van der Waals surface area (Å²) in [4.78, 5) is 14.2. The topological polar surface area (TPSA) is 53.3 Å². The van der Waals surface area contributed by atoms with Gasteiger partial charge in [0.2, 0.25) is 0 Å². The molecule has 1 amide bonds. The molecule has 0 heterocycles. The minimum Gasteiger partial charge on any atom is -0.496 e. The van der Waals surface area contributed by atoms with E-state index in [9.17, 15) is 10.1 Å². The van der Waals surface area contributed by atoms with Crippen molar-refractivity contribution in [2.75, 3.05) is 14.2 Å². The minimum atomic E-state index is -0.655. The van der Waals surface area contributed by atoms with E-state index in [0.29, 0.717) is 11.3 Å². The molecule has 1 aromatic carbocycles. The van der Waals surface area contributed by atoms with Crippen molar-refractivity contribution >= 4 is 5.91 Å². The fraction of sp³-hybridized carbons (Fsp3) is 0.467. The maximum atomic E-state index is 12.6. The van der Waals surface area contributed by atoms with Crippen molar-refractivity contribution < 1.29 is 9.53 Å². The number of nitrogens with zero attached hydrogens (tertiary/aromatic N) is 2. The predicted molar refractivity (Wildman–Crippen MR) is 71.9 cm³/mol. The van der Waals surface area contributed by atoms with Gasteiger partial charge in [-0.15, -0.1) is 0 Å². The molecule has 0 spiro atoms. The van der Waals surface area contributed by atoms with Gasteiger partial charge in [0.15, 0.2) is 0 Å². The lowest BCUT2D eigenvalue weighted by atomic mass is 9.96. The van der Waals surface area contributed by atoms with Crippen LogP contribution >= 0.6 is 0 Å². The first-order chi connectivity index (χ1) is 9.14. The highest BCUT2D eigenvalue weighted by Gasteiger charge is 2.41. The van der Waals surface area contributed by atoms with Crippen LogP contribution in [0.1, 0.15) is 36.0 Å². The standard InChI is InChI=1S/C15H18N2O2/c1-17(15(11-16)9-5-6-10-15)14(18)12-7-3-4-8-13(12)19-2/h3-4,7-8H,5-6,9-10H2,1-2H3. The summed E-state index contributed by atoms with van der Waals surface area (Å²) >= 11 is 0. The number of amides is 1. The summed E-state index contributed by atoms with van der Waals surface area (Å²) in [6, 6.07) is 9.45. The van der Waals surface area contributed by atoms with Crippen LogP contribution < -0.4 is 4.74 Å². The van der Waals surface area contributed by atoms with Gasteiger partial charge in [-0.2, -0.15) is 5.26 Å². The van der Waals surface area contributed by atoms with E-state index < -0.39 is 5.54 Å². The molecule has 0 saturated heterocycles. The van der Waals surface area contributed by atoms with Crippen LogP contribution in [-0.4, -0.2) is 30.5 Å². The second-order valence-electron chi connectivity index (χ2n) is 4.91. The summed E-state index contributed by atoms with van der Waals surface area (Å²) in [6.45, 7) is 0. The highest BCUT2D eigenvalue weighted by molar-refractivity contribution is 5.97. The van der Waals surface area contributed by atoms with E-state index in [2.05, 4.69) is 6.07 Å². The number of nitriles is 1. The van der Waals surface area contributed by atoms with Gasteiger partial charge < -0.3 is 9.64 Å². The van der Waals surface area contributed by atoms with Crippen LogP contribution in [0.15, 0.2) is 24.3 Å². The van der Waals surface area contributed by atoms with Gasteiger partial charge in [0.25, 0.3) is 5.91 Å². The van der Waals surface area contributed by atoms with Crippen LogP contribution in [0.3, 0.4) is 0 Å². The minimum absolute atomic E-state index is 0.152. The smallest absolute Gasteiger partial charge is 0.258 e. The molecule has 0 aromatic heterocycles. The van der Waals surface area contributed by atoms with Crippen LogP contribution in [0.25, 0.3) is 0 Å². The van der Waals surface area contributed by atoms with E-state index in [1.807, 2.05) is 6.07 Å². The van der Waals surface area contributed by atoms with Crippen molar-refractivity contribution in [1.82, 2.24) is 4.90 Å². The Hall–Kier alpha value is -2.02. The molecular weight excluding hydrogens is 240 g/mol. The van der Waals surface area contributed by atoms with E-state index in [4.69, 9.17) is 4.74 Å². The predicted octanol–water partition coefficient (Wildman–Crippen LogP) is 2.60. The monoisotopic (exact) mass is 258 g/mol. The summed E-state index contributed by atoms with van der Waals surface area (Å²) in [5.41, 5.74) is -0.146. The summed E-state index contributed by atoms with van der Waals surface area (Å²) in [6.07, 6.45) is 3.50. The first kappa shape index (κ1) is 13.4. The Labute approximate surface area is 113 Å². The average Bonchev–Trinajstić information content (AvgIpc) is 2.95. The number of benzene rings is 1. The van der Waals surface area contributed by atoms with Crippen molar-refractivity contribution in [2.45, 2.75) is 31.2 Å². The van der Waals surface area contributed by atoms with Crippen molar-refractivity contribution in [3.63, 3.8) is 0 Å². The van der Waals surface area contributed by atoms with Crippen LogP contribution in [0.5, 0.6) is 5.75 Å². The number of methoxy groups -OCH3 is 1. The molecule has 0 aliphatic heterocycles. The van der Waals surface area contributed by atoms with E-state index in [0.717, 1.165) is 25.7 Å². The number of carbonyl (C=O) groups excluding carboxylic acids is 1. The van der Waals surface area contributed by atoms with E-state index >= 15 is 0 Å². The van der Waals surface area contributed by atoms with E-state index in [1.165, 1.54) is 0 Å². The molecule has 1 saturated carbocycles. The average molecular weight is 258 g/mol. The summed E-state index contributed by atoms with van der Waals surface area (Å²) in [5.74, 6) is 0.395. The Morgan fingerprint density at radius 1 is 1.37 bits per heavy atom. The van der Waals surface area contributed by atoms with Crippen LogP contribution in [0.4, 0.5) is 0 Å². The zero-order chi connectivity index (χ0) is 13.9. The van der Waals surface area contributed by atoms with Gasteiger partial charge in [0, 0.05) is 7.05 Å². The van der Waals surface area contributed by atoms with Gasteiger partial charge in [-0.1, -0.05) is 12.1 Å². The van der Waals surface area contributed by atoms with Gasteiger partial charge in [0.1, 0.15) is 11.3 Å². The molecule has 1 aliphatic rings. The Bertz CT molecular complexity index is 513. The second kappa shape index (κ2) is 5.31. The maximum Gasteiger partial charge on any atom is 0.258 e. The van der Waals surface area contributed by atoms with Gasteiger partial charge in [-0.05, 0) is 37.8 Å². The third kappa shape index (κ3) is 2.28. The lowest BCUT2D eigenvalue weighted by Gasteiger charge is -2.32. The van der Waals surface area contributed by atoms with Gasteiger partial charge >= 0.3 is 0 Å². The molecule has 1 fully saturated rings. The first-order valence-corrected chi connectivity index (χ1v) is 6.47. The summed E-state index contributed by atoms with van der Waals surface area (Å²) in [5, 5.41) is 9.43. The number of rotatable bonds is 3. The Balaban J connectivity index is 2.31. The van der Waals surface area contributed by atoms with E-state index in [1.54, 1.807) is 37.3 Å². The number of hydrogen-bond acceptors (Lipinski definition) is 3. The number of para-hydroxylation sites is 1. The van der Waals surface area contributed by atoms with Crippen molar-refractivity contribution in [3.8, 4) is 11.8 Å². The highest BCUT2D eigenvalue weighted by atomic mass is 16.5. The zero-order valence-electron chi connectivity index (χ0n) is 11.3. The zero-order valence-corrected chi connectivity index (χ0v) is 11.3. The second-order valence-corrected chi connectivity index (χ2v) is 4.91. The van der Waals surface area contributed by atoms with Gasteiger partial charge in [-0.3, -0.25) is 4.79 Å². The van der Waals surface area contributed by atoms with Crippen LogP contribution in [0, 0.1) is 11.3 Å². The van der Waals surface area contributed by atoms with Crippen molar-refractivity contribution in [2.24, 2.45) is 0 Å². The van der Waals surface area contributed by atoms with Gasteiger partial charge in [-0.25, -0.2) is 0 Å². The van der Waals surface area contributed by atoms with Crippen LogP contribution in [0.2, 0.25) is 0 Å². The fourth-order valence-electron chi connectivity index (χ4n) is 2.68. The molecule has 0 bridgehead atoms. The SMILES string of the molecule is COc1ccccc1C(=O)N(C)C1(C#N)CCCC1. The Kier molecular flexibility index (Phi) is 3.75. The highest BCUT2D eigenvalue weighted by Crippen LogP contribution is 2.35. The molecule has 0 radical (unpaired) electrons. The summed E-state index contributed by atoms with van der Waals surface area (Å²) < 4.78 is 5.22. The third-order valence-corrected chi connectivity index (χ3v) is 3.92. The molecule has 0 unspecified atom stereocenters. The Morgan fingerprint density at radius 3 is 2.58 bits per heavy atom. The van der Waals surface area contributed by atoms with Crippen molar-refractivity contribution in [1.29, 1.82) is 5.26 Å². The molecule has 4 heteroatoms.